The van der Waals surface area contributed by atoms with E-state index in [2.05, 4.69) is 11.9 Å². The molecule has 30 heavy (non-hydrogen) atoms. The minimum Gasteiger partial charge on any atom is -0.480 e. The first-order chi connectivity index (χ1) is 14.4. The van der Waals surface area contributed by atoms with Gasteiger partial charge < -0.3 is 15.0 Å². The lowest BCUT2D eigenvalue weighted by Crippen LogP contribution is -2.20. The van der Waals surface area contributed by atoms with Crippen LogP contribution in [0.3, 0.4) is 0 Å². The Morgan fingerprint density at radius 2 is 1.83 bits per heavy atom. The van der Waals surface area contributed by atoms with E-state index < -0.39 is 5.97 Å². The van der Waals surface area contributed by atoms with Gasteiger partial charge in [-0.2, -0.15) is 0 Å². The third-order valence-corrected chi connectivity index (χ3v) is 4.68. The van der Waals surface area contributed by atoms with Gasteiger partial charge in [0.1, 0.15) is 6.54 Å². The number of aromatic nitrogens is 1. The van der Waals surface area contributed by atoms with Gasteiger partial charge in [-0.15, -0.1) is 0 Å². The summed E-state index contributed by atoms with van der Waals surface area (Å²) in [7, 11) is 0. The van der Waals surface area contributed by atoms with Crippen molar-refractivity contribution in [1.82, 2.24) is 9.88 Å². The number of nitrogens with one attached hydrogen (secondary N) is 1. The maximum Gasteiger partial charge on any atom is 0.322 e. The van der Waals surface area contributed by atoms with Gasteiger partial charge in [-0.05, 0) is 36.2 Å². The Bertz CT molecular complexity index is 1090. The number of carboxylic acids is 1. The molecule has 0 unspecified atom stereocenters. The molecular weight excluding hydrogens is 376 g/mol. The van der Waals surface area contributed by atoms with E-state index in [0.29, 0.717) is 23.5 Å². The van der Waals surface area contributed by atoms with E-state index in [1.54, 1.807) is 0 Å². The first kappa shape index (κ1) is 20.9. The van der Waals surface area contributed by atoms with Gasteiger partial charge in [0.25, 0.3) is 0 Å². The van der Waals surface area contributed by atoms with Gasteiger partial charge in [0, 0.05) is 24.0 Å². The Labute approximate surface area is 176 Å². The highest BCUT2D eigenvalue weighted by molar-refractivity contribution is 6.08. The van der Waals surface area contributed by atoms with E-state index in [0.717, 1.165) is 16.7 Å². The summed E-state index contributed by atoms with van der Waals surface area (Å²) in [6, 6.07) is 18.9. The van der Waals surface area contributed by atoms with Crippen LogP contribution in [0.2, 0.25) is 0 Å². The minimum absolute atomic E-state index is 0.00352. The summed E-state index contributed by atoms with van der Waals surface area (Å²) in [5.41, 5.74) is 4.78. The summed E-state index contributed by atoms with van der Waals surface area (Å²) in [6.45, 7) is 6.26. The van der Waals surface area contributed by atoms with E-state index in [4.69, 9.17) is 5.11 Å². The van der Waals surface area contributed by atoms with Gasteiger partial charge in [0.15, 0.2) is 0 Å². The molecule has 3 aromatic rings. The molecule has 0 aliphatic rings. The van der Waals surface area contributed by atoms with Crippen molar-refractivity contribution in [2.45, 2.75) is 13.5 Å². The highest BCUT2D eigenvalue weighted by Gasteiger charge is 2.12. The fourth-order valence-corrected chi connectivity index (χ4v) is 3.05. The molecule has 152 valence electrons. The zero-order valence-electron chi connectivity index (χ0n) is 16.8. The fraction of sp³-hybridized carbons (Fsp3) is 0.120. The number of aliphatic carboxylic acids is 1. The Morgan fingerprint density at radius 3 is 2.57 bits per heavy atom. The summed E-state index contributed by atoms with van der Waals surface area (Å²) in [5, 5.41) is 11.6. The molecule has 3 rings (SSSR count). The third-order valence-electron chi connectivity index (χ3n) is 4.68. The van der Waals surface area contributed by atoms with Crippen molar-refractivity contribution < 1.29 is 14.7 Å². The summed E-state index contributed by atoms with van der Waals surface area (Å²) in [4.78, 5) is 23.5. The van der Waals surface area contributed by atoms with Gasteiger partial charge >= 0.3 is 5.97 Å². The van der Waals surface area contributed by atoms with E-state index in [1.807, 2.05) is 90.5 Å². The minimum atomic E-state index is -0.935. The fourth-order valence-electron chi connectivity index (χ4n) is 3.05. The number of nitrogens with zero attached hydrogens (tertiary/aromatic N) is 1. The SMILES string of the molecule is C=C(NCC(=O)O)c1cccc(/C=C/Cn2cccc2C(=O)c2ccc(C)cc2)c1. The number of carboxylic acid groups (broad SMARTS) is 1. The molecule has 0 saturated carbocycles. The second-order valence-corrected chi connectivity index (χ2v) is 6.99. The molecule has 1 heterocycles. The Morgan fingerprint density at radius 1 is 1.07 bits per heavy atom. The number of carbonyl (C=O) groups is 2. The molecule has 0 radical (unpaired) electrons. The first-order valence-corrected chi connectivity index (χ1v) is 9.62. The van der Waals surface area contributed by atoms with E-state index in [-0.39, 0.29) is 12.3 Å². The van der Waals surface area contributed by atoms with Crippen molar-refractivity contribution in [3.63, 3.8) is 0 Å². The molecule has 0 fully saturated rings. The quantitative estimate of drug-likeness (QED) is 0.523. The standard InChI is InChI=1S/C25H24N2O3/c1-18-10-12-21(13-11-18)25(30)23-9-5-15-27(23)14-4-7-20-6-3-8-22(16-20)19(2)26-17-24(28)29/h3-13,15-16,26H,2,14,17H2,1H3,(H,28,29)/b7-4+. The number of hydrogen-bond donors (Lipinski definition) is 2. The molecule has 0 amide bonds. The maximum absolute atomic E-state index is 12.8. The maximum atomic E-state index is 12.8. The largest absolute Gasteiger partial charge is 0.480 e. The predicted molar refractivity (Wildman–Crippen MR) is 119 cm³/mol. The van der Waals surface area contributed by atoms with Crippen molar-refractivity contribution in [2.75, 3.05) is 6.54 Å². The molecular formula is C25H24N2O3. The lowest BCUT2D eigenvalue weighted by Gasteiger charge is -2.08. The van der Waals surface area contributed by atoms with Gasteiger partial charge in [-0.3, -0.25) is 9.59 Å². The normalized spacial score (nSPS) is 10.8. The molecule has 2 aromatic carbocycles. The molecule has 2 N–H and O–H groups in total. The number of allylic oxidation sites excluding steroid dienone is 1. The smallest absolute Gasteiger partial charge is 0.322 e. The molecule has 0 bridgehead atoms. The molecule has 0 aliphatic heterocycles. The van der Waals surface area contributed by atoms with Gasteiger partial charge in [-0.1, -0.05) is 66.8 Å². The van der Waals surface area contributed by atoms with Crippen molar-refractivity contribution in [3.8, 4) is 0 Å². The molecule has 0 atom stereocenters. The molecule has 5 heteroatoms. The van der Waals surface area contributed by atoms with Crippen LogP contribution in [0.15, 0.2) is 79.5 Å². The van der Waals surface area contributed by atoms with E-state index >= 15 is 0 Å². The topological polar surface area (TPSA) is 71.3 Å². The Balaban J connectivity index is 1.68. The number of ketones is 1. The van der Waals surface area contributed by atoms with Crippen LogP contribution in [0.4, 0.5) is 0 Å². The van der Waals surface area contributed by atoms with Crippen molar-refractivity contribution in [1.29, 1.82) is 0 Å². The molecule has 5 nitrogen and oxygen atoms in total. The van der Waals surface area contributed by atoms with Crippen LogP contribution in [0.1, 0.15) is 32.7 Å². The zero-order valence-corrected chi connectivity index (χ0v) is 16.8. The highest BCUT2D eigenvalue weighted by Crippen LogP contribution is 2.15. The lowest BCUT2D eigenvalue weighted by molar-refractivity contribution is -0.135. The average Bonchev–Trinajstić information content (AvgIpc) is 3.20. The second kappa shape index (κ2) is 9.56. The van der Waals surface area contributed by atoms with Crippen LogP contribution in [0, 0.1) is 6.92 Å². The molecule has 0 saturated heterocycles. The van der Waals surface area contributed by atoms with Crippen molar-refractivity contribution in [2.24, 2.45) is 0 Å². The van der Waals surface area contributed by atoms with Crippen LogP contribution >= 0.6 is 0 Å². The van der Waals surface area contributed by atoms with Crippen LogP contribution in [0.25, 0.3) is 11.8 Å². The number of hydrogen-bond acceptors (Lipinski definition) is 3. The van der Waals surface area contributed by atoms with Gasteiger partial charge in [0.05, 0.1) is 5.69 Å². The van der Waals surface area contributed by atoms with Crippen LogP contribution in [0.5, 0.6) is 0 Å². The highest BCUT2D eigenvalue weighted by atomic mass is 16.4. The van der Waals surface area contributed by atoms with E-state index in [1.165, 1.54) is 0 Å². The number of aryl methyl sites for hydroxylation is 1. The predicted octanol–water partition coefficient (Wildman–Crippen LogP) is 4.39. The van der Waals surface area contributed by atoms with Gasteiger partial charge in [0.2, 0.25) is 5.78 Å². The lowest BCUT2D eigenvalue weighted by atomic mass is 10.1. The zero-order chi connectivity index (χ0) is 21.5. The Hall–Kier alpha value is -3.86. The average molecular weight is 400 g/mol. The van der Waals surface area contributed by atoms with Crippen molar-refractivity contribution in [3.05, 3.63) is 107 Å². The summed E-state index contributed by atoms with van der Waals surface area (Å²) in [5.74, 6) is -0.939. The molecule has 0 aliphatic carbocycles. The number of carbonyl (C=O) groups excluding carboxylic acids is 1. The summed E-state index contributed by atoms with van der Waals surface area (Å²) < 4.78 is 1.91. The summed E-state index contributed by atoms with van der Waals surface area (Å²) in [6.07, 6.45) is 5.84. The molecule has 1 aromatic heterocycles. The third kappa shape index (κ3) is 5.35. The van der Waals surface area contributed by atoms with E-state index in [9.17, 15) is 9.59 Å². The monoisotopic (exact) mass is 400 g/mol. The Kier molecular flexibility index (Phi) is 6.65. The number of benzene rings is 2. The first-order valence-electron chi connectivity index (χ1n) is 9.62. The van der Waals surface area contributed by atoms with Crippen LogP contribution < -0.4 is 5.32 Å². The van der Waals surface area contributed by atoms with Gasteiger partial charge in [-0.25, -0.2) is 0 Å². The van der Waals surface area contributed by atoms with Crippen molar-refractivity contribution >= 4 is 23.5 Å². The number of rotatable bonds is 9. The summed E-state index contributed by atoms with van der Waals surface area (Å²) >= 11 is 0. The van der Waals surface area contributed by atoms with Crippen LogP contribution in [-0.2, 0) is 11.3 Å². The second-order valence-electron chi connectivity index (χ2n) is 6.99. The molecule has 0 spiro atoms. The van der Waals surface area contributed by atoms with Crippen LogP contribution in [-0.4, -0.2) is 28.0 Å².